The number of fused-ring (bicyclic) bond motifs is 1. The second kappa shape index (κ2) is 11.4. The number of carbonyl (C=O) groups is 1. The van der Waals surface area contributed by atoms with E-state index < -0.39 is 0 Å². The predicted molar refractivity (Wildman–Crippen MR) is 94.5 cm³/mol. The number of hydrogen-bond donors (Lipinski definition) is 0. The van der Waals surface area contributed by atoms with Crippen molar-refractivity contribution in [2.75, 3.05) is 0 Å². The van der Waals surface area contributed by atoms with Crippen LogP contribution in [0.15, 0.2) is 48.5 Å². The van der Waals surface area contributed by atoms with Gasteiger partial charge in [0, 0.05) is 32.7 Å². The second-order valence-corrected chi connectivity index (χ2v) is 4.41. The van der Waals surface area contributed by atoms with Crippen LogP contribution >= 0.6 is 0 Å². The van der Waals surface area contributed by atoms with Gasteiger partial charge in [-0.15, -0.1) is 29.3 Å². The topological polar surface area (TPSA) is 17.1 Å². The summed E-state index contributed by atoms with van der Waals surface area (Å²) < 4.78 is 0. The zero-order valence-electron chi connectivity index (χ0n) is 14.5. The number of benzene rings is 2. The Balaban J connectivity index is 0.000000901. The first-order chi connectivity index (χ1) is 10.8. The molecule has 3 rings (SSSR count). The molecule has 0 aliphatic heterocycles. The molecule has 0 saturated carbocycles. The van der Waals surface area contributed by atoms with Crippen molar-refractivity contribution in [1.29, 1.82) is 0 Å². The van der Waals surface area contributed by atoms with E-state index in [9.17, 15) is 4.79 Å². The zero-order chi connectivity index (χ0) is 16.5. The first-order valence-electron chi connectivity index (χ1n) is 7.92. The van der Waals surface area contributed by atoms with Gasteiger partial charge in [0.2, 0.25) is 0 Å². The fourth-order valence-electron chi connectivity index (χ4n) is 2.24. The van der Waals surface area contributed by atoms with E-state index in [1.54, 1.807) is 0 Å². The second-order valence-electron chi connectivity index (χ2n) is 4.41. The summed E-state index contributed by atoms with van der Waals surface area (Å²) in [5, 5.41) is 0. The van der Waals surface area contributed by atoms with Crippen LogP contribution in [0.2, 0.25) is 0 Å². The maximum Gasteiger partial charge on any atom is 0.0937 e. The molecule has 1 radical (unpaired) electrons. The van der Waals surface area contributed by atoms with Gasteiger partial charge in [-0.05, 0) is 6.42 Å². The first-order valence-corrected chi connectivity index (χ1v) is 7.92. The van der Waals surface area contributed by atoms with Crippen molar-refractivity contribution in [1.82, 2.24) is 0 Å². The van der Waals surface area contributed by atoms with Crippen molar-refractivity contribution in [2.24, 2.45) is 0 Å². The Morgan fingerprint density at radius 3 is 2.13 bits per heavy atom. The van der Waals surface area contributed by atoms with E-state index in [-0.39, 0.29) is 38.5 Å². The molecule has 0 spiro atoms. The number of ketones is 1. The molecule has 0 saturated heterocycles. The molecule has 0 atom stereocenters. The molecule has 1 nitrogen and oxygen atoms in total. The Morgan fingerprint density at radius 2 is 1.48 bits per heavy atom. The molecule has 0 fully saturated rings. The molecule has 2 aromatic rings. The zero-order valence-corrected chi connectivity index (χ0v) is 17.4. The van der Waals surface area contributed by atoms with Crippen LogP contribution in [0, 0.1) is 13.0 Å². The number of Topliss-reactive ketones (excluding diaryl/α,β-unsaturated/α-hetero) is 1. The molecule has 0 bridgehead atoms. The van der Waals surface area contributed by atoms with Crippen molar-refractivity contribution < 1.29 is 37.5 Å². The molecule has 119 valence electrons. The maximum atomic E-state index is 12.2. The minimum atomic E-state index is 0. The van der Waals surface area contributed by atoms with Crippen molar-refractivity contribution in [3.8, 4) is 0 Å². The van der Waals surface area contributed by atoms with E-state index in [1.165, 1.54) is 0 Å². The van der Waals surface area contributed by atoms with Gasteiger partial charge in [0.05, 0.1) is 5.78 Å². The van der Waals surface area contributed by atoms with Gasteiger partial charge < -0.3 is 4.79 Å². The molecule has 0 N–H and O–H groups in total. The van der Waals surface area contributed by atoms with Crippen LogP contribution in [0.5, 0.6) is 0 Å². The van der Waals surface area contributed by atoms with Gasteiger partial charge in [-0.3, -0.25) is 0 Å². The van der Waals surface area contributed by atoms with Gasteiger partial charge in [0.15, 0.2) is 0 Å². The SMILES string of the molecule is CC.CC.[CH2-]c1ccccc1C1=[C-]c2ccccc2CC1=O.[Y]. The van der Waals surface area contributed by atoms with Crippen LogP contribution < -0.4 is 0 Å². The summed E-state index contributed by atoms with van der Waals surface area (Å²) in [5.74, 6) is 0.116. The standard InChI is InChI=1S/C17H12O.2C2H6.Y/c1-12-6-2-5-9-15(12)16-10-13-7-3-4-8-14(13)11-17(16)18;2*1-2;/h2-9H,1,11H2;2*1-2H3;/q-2;;;. The van der Waals surface area contributed by atoms with Gasteiger partial charge >= 0.3 is 0 Å². The van der Waals surface area contributed by atoms with Crippen molar-refractivity contribution in [3.05, 3.63) is 83.8 Å². The molecule has 1 aliphatic rings. The van der Waals surface area contributed by atoms with Crippen LogP contribution in [-0.2, 0) is 43.9 Å². The summed E-state index contributed by atoms with van der Waals surface area (Å²) in [6, 6.07) is 15.6. The molecule has 2 heteroatoms. The maximum absolute atomic E-state index is 12.2. The van der Waals surface area contributed by atoms with Crippen LogP contribution in [-0.4, -0.2) is 5.78 Å². The summed E-state index contributed by atoms with van der Waals surface area (Å²) >= 11 is 0. The minimum Gasteiger partial charge on any atom is -0.341 e. The van der Waals surface area contributed by atoms with Crippen molar-refractivity contribution in [2.45, 2.75) is 34.1 Å². The molecule has 0 heterocycles. The molecule has 23 heavy (non-hydrogen) atoms. The average molecular weight is 381 g/mol. The minimum absolute atomic E-state index is 0. The summed E-state index contributed by atoms with van der Waals surface area (Å²) in [6.45, 7) is 12.0. The van der Waals surface area contributed by atoms with Crippen molar-refractivity contribution >= 4 is 11.4 Å². The molecule has 0 amide bonds. The number of hydrogen-bond acceptors (Lipinski definition) is 1. The smallest absolute Gasteiger partial charge is 0.0937 e. The number of carbonyl (C=O) groups excluding carboxylic acids is 1. The van der Waals surface area contributed by atoms with E-state index in [0.29, 0.717) is 12.0 Å². The third kappa shape index (κ3) is 5.44. The van der Waals surface area contributed by atoms with Crippen LogP contribution in [0.3, 0.4) is 0 Å². The largest absolute Gasteiger partial charge is 0.341 e. The van der Waals surface area contributed by atoms with E-state index in [1.807, 2.05) is 76.2 Å². The Labute approximate surface area is 166 Å². The third-order valence-corrected chi connectivity index (χ3v) is 3.19. The van der Waals surface area contributed by atoms with E-state index in [0.717, 1.165) is 22.3 Å². The van der Waals surface area contributed by atoms with Crippen LogP contribution in [0.1, 0.15) is 49.9 Å². The van der Waals surface area contributed by atoms with Gasteiger partial charge in [0.1, 0.15) is 0 Å². The molecule has 0 aromatic heterocycles. The molecule has 1 aliphatic carbocycles. The monoisotopic (exact) mass is 381 g/mol. The van der Waals surface area contributed by atoms with Crippen LogP contribution in [0.4, 0.5) is 0 Å². The first kappa shape index (κ1) is 21.8. The van der Waals surface area contributed by atoms with Gasteiger partial charge in [-0.2, -0.15) is 18.6 Å². The summed E-state index contributed by atoms with van der Waals surface area (Å²) in [6.07, 6.45) is 3.68. The molecule has 2 aromatic carbocycles. The van der Waals surface area contributed by atoms with E-state index in [2.05, 4.69) is 13.0 Å². The van der Waals surface area contributed by atoms with Gasteiger partial charge in [0.25, 0.3) is 0 Å². The molecular formula is C21H24OY-2. The summed E-state index contributed by atoms with van der Waals surface area (Å²) in [7, 11) is 0. The Kier molecular flexibility index (Phi) is 10.8. The third-order valence-electron chi connectivity index (χ3n) is 3.19. The molecule has 0 unspecified atom stereocenters. The normalized spacial score (nSPS) is 11.5. The van der Waals surface area contributed by atoms with Gasteiger partial charge in [-0.1, -0.05) is 69.2 Å². The predicted octanol–water partition coefficient (Wildman–Crippen LogP) is 5.28. The number of rotatable bonds is 1. The van der Waals surface area contributed by atoms with Crippen LogP contribution in [0.25, 0.3) is 5.57 Å². The quantitative estimate of drug-likeness (QED) is 0.615. The molecular weight excluding hydrogens is 357 g/mol. The Bertz CT molecular complexity index is 656. The number of allylic oxidation sites excluding steroid dienone is 1. The summed E-state index contributed by atoms with van der Waals surface area (Å²) in [4.78, 5) is 12.2. The Morgan fingerprint density at radius 1 is 0.913 bits per heavy atom. The van der Waals surface area contributed by atoms with Gasteiger partial charge in [-0.25, -0.2) is 0 Å². The van der Waals surface area contributed by atoms with E-state index >= 15 is 0 Å². The summed E-state index contributed by atoms with van der Waals surface area (Å²) in [5.41, 5.74) is 4.46. The van der Waals surface area contributed by atoms with E-state index in [4.69, 9.17) is 0 Å². The van der Waals surface area contributed by atoms with Crippen molar-refractivity contribution in [3.63, 3.8) is 0 Å². The Hall–Kier alpha value is -1.18. The fraction of sp³-hybridized carbons (Fsp3) is 0.238. The average Bonchev–Trinajstić information content (AvgIpc) is 2.58. The fourth-order valence-corrected chi connectivity index (χ4v) is 2.24.